The van der Waals surface area contributed by atoms with E-state index in [1.54, 1.807) is 30.6 Å². The zero-order valence-corrected chi connectivity index (χ0v) is 9.60. The van der Waals surface area contributed by atoms with Gasteiger partial charge in [0, 0.05) is 18.8 Å². The van der Waals surface area contributed by atoms with Crippen LogP contribution in [-0.2, 0) is 6.42 Å². The van der Waals surface area contributed by atoms with Crippen molar-refractivity contribution in [2.75, 3.05) is 0 Å². The molecule has 1 unspecified atom stereocenters. The molecule has 2 nitrogen and oxygen atoms in total. The molecule has 2 rings (SSSR count). The van der Waals surface area contributed by atoms with E-state index in [9.17, 15) is 9.50 Å². The summed E-state index contributed by atoms with van der Waals surface area (Å²) in [6.45, 7) is 1.91. The van der Waals surface area contributed by atoms with Gasteiger partial charge in [0.25, 0.3) is 0 Å². The van der Waals surface area contributed by atoms with Gasteiger partial charge in [0.05, 0.1) is 6.10 Å². The molecule has 0 aliphatic carbocycles. The monoisotopic (exact) mass is 231 g/mol. The van der Waals surface area contributed by atoms with Crippen LogP contribution in [0.5, 0.6) is 0 Å². The Bertz CT molecular complexity index is 499. The summed E-state index contributed by atoms with van der Waals surface area (Å²) in [6, 6.07) is 8.15. The maximum Gasteiger partial charge on any atom is 0.123 e. The number of aromatic nitrogens is 1. The normalized spacial score (nSPS) is 12.4. The average molecular weight is 231 g/mol. The highest BCUT2D eigenvalue weighted by Crippen LogP contribution is 2.20. The molecule has 0 bridgehead atoms. The van der Waals surface area contributed by atoms with E-state index in [1.807, 2.05) is 6.92 Å². The van der Waals surface area contributed by atoms with Gasteiger partial charge in [0.1, 0.15) is 5.82 Å². The third kappa shape index (κ3) is 2.88. The van der Waals surface area contributed by atoms with Crippen LogP contribution in [0.15, 0.2) is 42.7 Å². The predicted molar refractivity (Wildman–Crippen MR) is 64.0 cm³/mol. The van der Waals surface area contributed by atoms with E-state index in [4.69, 9.17) is 0 Å². The van der Waals surface area contributed by atoms with Crippen LogP contribution in [0, 0.1) is 12.7 Å². The molecule has 1 N–H and O–H groups in total. The Morgan fingerprint density at radius 2 is 1.94 bits per heavy atom. The van der Waals surface area contributed by atoms with Gasteiger partial charge in [-0.2, -0.15) is 0 Å². The van der Waals surface area contributed by atoms with Crippen molar-refractivity contribution in [3.8, 4) is 0 Å². The summed E-state index contributed by atoms with van der Waals surface area (Å²) < 4.78 is 13.1. The van der Waals surface area contributed by atoms with Crippen molar-refractivity contribution in [2.45, 2.75) is 19.4 Å². The molecule has 3 heteroatoms. The van der Waals surface area contributed by atoms with Gasteiger partial charge in [-0.1, -0.05) is 6.07 Å². The van der Waals surface area contributed by atoms with E-state index in [-0.39, 0.29) is 5.82 Å². The molecule has 0 spiro atoms. The van der Waals surface area contributed by atoms with E-state index in [0.717, 1.165) is 16.7 Å². The highest BCUT2D eigenvalue weighted by molar-refractivity contribution is 5.28. The SMILES string of the molecule is Cc1ccc(F)cc1CC(O)c1ccncc1. The highest BCUT2D eigenvalue weighted by Gasteiger charge is 2.10. The van der Waals surface area contributed by atoms with E-state index in [1.165, 1.54) is 12.1 Å². The second-order valence-electron chi connectivity index (χ2n) is 4.07. The van der Waals surface area contributed by atoms with Crippen LogP contribution in [0.1, 0.15) is 22.8 Å². The standard InChI is InChI=1S/C14H14FNO/c1-10-2-3-13(15)8-12(10)9-14(17)11-4-6-16-7-5-11/h2-8,14,17H,9H2,1H3. The van der Waals surface area contributed by atoms with Crippen LogP contribution in [-0.4, -0.2) is 10.1 Å². The van der Waals surface area contributed by atoms with Gasteiger partial charge >= 0.3 is 0 Å². The average Bonchev–Trinajstić information content (AvgIpc) is 2.35. The lowest BCUT2D eigenvalue weighted by Gasteiger charge is -2.12. The maximum atomic E-state index is 13.1. The Hall–Kier alpha value is -1.74. The molecule has 0 saturated heterocycles. The number of hydrogen-bond acceptors (Lipinski definition) is 2. The number of aliphatic hydroxyl groups excluding tert-OH is 1. The number of rotatable bonds is 3. The molecule has 0 amide bonds. The van der Waals surface area contributed by atoms with Gasteiger partial charge in [-0.3, -0.25) is 4.98 Å². The Morgan fingerprint density at radius 1 is 1.24 bits per heavy atom. The van der Waals surface area contributed by atoms with E-state index in [0.29, 0.717) is 6.42 Å². The Kier molecular flexibility index (Phi) is 3.49. The maximum absolute atomic E-state index is 13.1. The Morgan fingerprint density at radius 3 is 2.65 bits per heavy atom. The van der Waals surface area contributed by atoms with Crippen LogP contribution in [0.25, 0.3) is 0 Å². The lowest BCUT2D eigenvalue weighted by atomic mass is 9.99. The number of hydrogen-bond donors (Lipinski definition) is 1. The van der Waals surface area contributed by atoms with Crippen molar-refractivity contribution in [1.29, 1.82) is 0 Å². The summed E-state index contributed by atoms with van der Waals surface area (Å²) in [5, 5.41) is 10.0. The molecule has 17 heavy (non-hydrogen) atoms. The number of nitrogens with zero attached hydrogens (tertiary/aromatic N) is 1. The fraction of sp³-hybridized carbons (Fsp3) is 0.214. The Labute approximate surface area is 99.8 Å². The highest BCUT2D eigenvalue weighted by atomic mass is 19.1. The number of aryl methyl sites for hydroxylation is 1. The molecule has 0 aliphatic heterocycles. The van der Waals surface area contributed by atoms with Gasteiger partial charge in [0.2, 0.25) is 0 Å². The molecule has 2 aromatic rings. The molecular formula is C14H14FNO. The molecule has 1 aromatic heterocycles. The number of aliphatic hydroxyl groups is 1. The van der Waals surface area contributed by atoms with Crippen molar-refractivity contribution in [3.05, 3.63) is 65.2 Å². The molecule has 0 aliphatic rings. The topological polar surface area (TPSA) is 33.1 Å². The minimum atomic E-state index is -0.626. The van der Waals surface area contributed by atoms with Gasteiger partial charge in [-0.15, -0.1) is 0 Å². The van der Waals surface area contributed by atoms with E-state index < -0.39 is 6.10 Å². The second-order valence-corrected chi connectivity index (χ2v) is 4.07. The van der Waals surface area contributed by atoms with Crippen LogP contribution in [0.4, 0.5) is 4.39 Å². The minimum Gasteiger partial charge on any atom is -0.388 e. The van der Waals surface area contributed by atoms with Crippen LogP contribution in [0.2, 0.25) is 0 Å². The molecule has 0 radical (unpaired) electrons. The number of benzene rings is 1. The smallest absolute Gasteiger partial charge is 0.123 e. The zero-order chi connectivity index (χ0) is 12.3. The zero-order valence-electron chi connectivity index (χ0n) is 9.60. The first-order valence-corrected chi connectivity index (χ1v) is 5.50. The summed E-state index contributed by atoms with van der Waals surface area (Å²) in [6.07, 6.45) is 3.06. The van der Waals surface area contributed by atoms with Crippen molar-refractivity contribution >= 4 is 0 Å². The summed E-state index contributed by atoms with van der Waals surface area (Å²) in [5.41, 5.74) is 2.61. The molecule has 0 fully saturated rings. The Balaban J connectivity index is 2.18. The third-order valence-electron chi connectivity index (χ3n) is 2.82. The van der Waals surface area contributed by atoms with Gasteiger partial charge in [-0.25, -0.2) is 4.39 Å². The second kappa shape index (κ2) is 5.06. The van der Waals surface area contributed by atoms with Crippen LogP contribution < -0.4 is 0 Å². The quantitative estimate of drug-likeness (QED) is 0.881. The summed E-state index contributed by atoms with van der Waals surface area (Å²) in [4.78, 5) is 3.90. The fourth-order valence-electron chi connectivity index (χ4n) is 1.77. The van der Waals surface area contributed by atoms with Gasteiger partial charge in [-0.05, 0) is 47.9 Å². The van der Waals surface area contributed by atoms with Crippen molar-refractivity contribution < 1.29 is 9.50 Å². The summed E-state index contributed by atoms with van der Waals surface area (Å²) >= 11 is 0. The molecule has 0 saturated carbocycles. The van der Waals surface area contributed by atoms with Gasteiger partial charge in [0.15, 0.2) is 0 Å². The lowest BCUT2D eigenvalue weighted by molar-refractivity contribution is 0.178. The molecule has 88 valence electrons. The number of halogens is 1. The lowest BCUT2D eigenvalue weighted by Crippen LogP contribution is -2.03. The number of pyridine rings is 1. The van der Waals surface area contributed by atoms with Crippen LogP contribution in [0.3, 0.4) is 0 Å². The van der Waals surface area contributed by atoms with Crippen molar-refractivity contribution in [2.24, 2.45) is 0 Å². The van der Waals surface area contributed by atoms with E-state index in [2.05, 4.69) is 4.98 Å². The summed E-state index contributed by atoms with van der Waals surface area (Å²) in [7, 11) is 0. The fourth-order valence-corrected chi connectivity index (χ4v) is 1.77. The largest absolute Gasteiger partial charge is 0.388 e. The first-order valence-electron chi connectivity index (χ1n) is 5.50. The summed E-state index contributed by atoms with van der Waals surface area (Å²) in [5.74, 6) is -0.271. The molecule has 1 aromatic carbocycles. The molecule has 1 heterocycles. The third-order valence-corrected chi connectivity index (χ3v) is 2.82. The first kappa shape index (κ1) is 11.7. The van der Waals surface area contributed by atoms with Gasteiger partial charge < -0.3 is 5.11 Å². The predicted octanol–water partition coefficient (Wildman–Crippen LogP) is 2.81. The van der Waals surface area contributed by atoms with E-state index >= 15 is 0 Å². The molecule has 1 atom stereocenters. The van der Waals surface area contributed by atoms with Crippen molar-refractivity contribution in [3.63, 3.8) is 0 Å². The van der Waals surface area contributed by atoms with Crippen molar-refractivity contribution in [1.82, 2.24) is 4.98 Å². The first-order chi connectivity index (χ1) is 8.16. The molecular weight excluding hydrogens is 217 g/mol. The van der Waals surface area contributed by atoms with Crippen LogP contribution >= 0.6 is 0 Å². The minimum absolute atomic E-state index is 0.271.